The standard InChI is InChI=1S/C24H18N2O4S/c1-14-5-3-4-6-20(14)26-23(29)19(22(28)25-24(26)31)13-18-11-12-21(30-18)17-9-7-16(8-10-17)15(2)27/h3-13H,1-2H3,(H,25,28,31)/b19-13+. The zero-order valence-electron chi connectivity index (χ0n) is 16.8. The van der Waals surface area contributed by atoms with Gasteiger partial charge in [0.2, 0.25) is 0 Å². The van der Waals surface area contributed by atoms with E-state index in [2.05, 4.69) is 5.32 Å². The zero-order chi connectivity index (χ0) is 22.1. The number of hydrogen-bond acceptors (Lipinski definition) is 5. The molecule has 1 N–H and O–H groups in total. The van der Waals surface area contributed by atoms with E-state index in [-0.39, 0.29) is 16.5 Å². The number of Topliss-reactive ketones (excluding diaryl/α,β-unsaturated/α-hetero) is 1. The number of nitrogens with one attached hydrogen (secondary N) is 1. The second-order valence-electron chi connectivity index (χ2n) is 7.08. The summed E-state index contributed by atoms with van der Waals surface area (Å²) >= 11 is 5.24. The number of benzene rings is 2. The van der Waals surface area contributed by atoms with Gasteiger partial charge in [0.1, 0.15) is 17.1 Å². The van der Waals surface area contributed by atoms with Crippen LogP contribution in [0.15, 0.2) is 70.7 Å². The first-order valence-electron chi connectivity index (χ1n) is 9.53. The van der Waals surface area contributed by atoms with E-state index in [0.717, 1.165) is 11.1 Å². The number of anilines is 1. The number of thiocarbonyl (C=S) groups is 1. The molecule has 2 aromatic carbocycles. The van der Waals surface area contributed by atoms with Crippen LogP contribution in [-0.2, 0) is 9.59 Å². The van der Waals surface area contributed by atoms with Crippen LogP contribution in [0.4, 0.5) is 5.69 Å². The molecular formula is C24H18N2O4S. The summed E-state index contributed by atoms with van der Waals surface area (Å²) in [6.07, 6.45) is 1.40. The Labute approximate surface area is 184 Å². The van der Waals surface area contributed by atoms with Crippen molar-refractivity contribution < 1.29 is 18.8 Å². The summed E-state index contributed by atoms with van der Waals surface area (Å²) in [7, 11) is 0. The number of furan rings is 1. The molecule has 0 atom stereocenters. The number of amides is 2. The third-order valence-electron chi connectivity index (χ3n) is 4.95. The average molecular weight is 430 g/mol. The number of carbonyl (C=O) groups excluding carboxylic acids is 3. The maximum absolute atomic E-state index is 13.1. The molecule has 1 aromatic heterocycles. The maximum Gasteiger partial charge on any atom is 0.270 e. The Bertz CT molecular complexity index is 1250. The Morgan fingerprint density at radius 2 is 1.74 bits per heavy atom. The van der Waals surface area contributed by atoms with Crippen molar-refractivity contribution in [3.8, 4) is 11.3 Å². The van der Waals surface area contributed by atoms with Gasteiger partial charge in [-0.1, -0.05) is 42.5 Å². The summed E-state index contributed by atoms with van der Waals surface area (Å²) in [5.41, 5.74) is 2.76. The van der Waals surface area contributed by atoms with Crippen molar-refractivity contribution in [1.82, 2.24) is 5.32 Å². The Morgan fingerprint density at radius 3 is 2.42 bits per heavy atom. The highest BCUT2D eigenvalue weighted by Gasteiger charge is 2.35. The molecule has 31 heavy (non-hydrogen) atoms. The molecule has 1 saturated heterocycles. The van der Waals surface area contributed by atoms with Crippen LogP contribution in [0.3, 0.4) is 0 Å². The molecular weight excluding hydrogens is 412 g/mol. The first-order valence-corrected chi connectivity index (χ1v) is 9.94. The molecule has 154 valence electrons. The van der Waals surface area contributed by atoms with Crippen LogP contribution in [0, 0.1) is 6.92 Å². The van der Waals surface area contributed by atoms with Crippen molar-refractivity contribution >= 4 is 46.7 Å². The van der Waals surface area contributed by atoms with Gasteiger partial charge in [0.05, 0.1) is 5.69 Å². The van der Waals surface area contributed by atoms with E-state index >= 15 is 0 Å². The fraction of sp³-hybridized carbons (Fsp3) is 0.0833. The molecule has 2 heterocycles. The number of aryl methyl sites for hydroxylation is 1. The van der Waals surface area contributed by atoms with E-state index in [0.29, 0.717) is 22.8 Å². The van der Waals surface area contributed by atoms with E-state index in [1.165, 1.54) is 17.9 Å². The van der Waals surface area contributed by atoms with Gasteiger partial charge < -0.3 is 4.42 Å². The third-order valence-corrected chi connectivity index (χ3v) is 5.23. The van der Waals surface area contributed by atoms with Gasteiger partial charge >= 0.3 is 0 Å². The topological polar surface area (TPSA) is 79.6 Å². The molecule has 1 aliphatic heterocycles. The second-order valence-corrected chi connectivity index (χ2v) is 7.47. The zero-order valence-corrected chi connectivity index (χ0v) is 17.7. The van der Waals surface area contributed by atoms with E-state index in [1.54, 1.807) is 48.5 Å². The molecule has 3 aromatic rings. The summed E-state index contributed by atoms with van der Waals surface area (Å²) in [5.74, 6) is -0.219. The van der Waals surface area contributed by atoms with Crippen LogP contribution in [0.2, 0.25) is 0 Å². The normalized spacial score (nSPS) is 15.4. The first kappa shape index (κ1) is 20.4. The van der Waals surface area contributed by atoms with Crippen molar-refractivity contribution in [3.05, 3.63) is 83.1 Å². The van der Waals surface area contributed by atoms with Crippen molar-refractivity contribution in [2.75, 3.05) is 4.90 Å². The van der Waals surface area contributed by atoms with E-state index in [4.69, 9.17) is 16.6 Å². The fourth-order valence-electron chi connectivity index (χ4n) is 3.29. The van der Waals surface area contributed by atoms with Gasteiger partial charge in [-0.2, -0.15) is 0 Å². The highest BCUT2D eigenvalue weighted by Crippen LogP contribution is 2.27. The lowest BCUT2D eigenvalue weighted by Crippen LogP contribution is -2.54. The summed E-state index contributed by atoms with van der Waals surface area (Å²) in [6, 6.07) is 17.7. The van der Waals surface area contributed by atoms with Crippen molar-refractivity contribution in [3.63, 3.8) is 0 Å². The van der Waals surface area contributed by atoms with E-state index in [9.17, 15) is 14.4 Å². The smallest absolute Gasteiger partial charge is 0.270 e. The molecule has 0 unspecified atom stereocenters. The van der Waals surface area contributed by atoms with Gasteiger partial charge in [0.25, 0.3) is 11.8 Å². The van der Waals surface area contributed by atoms with Gasteiger partial charge in [-0.05, 0) is 55.9 Å². The van der Waals surface area contributed by atoms with Crippen LogP contribution < -0.4 is 10.2 Å². The third kappa shape index (κ3) is 3.95. The van der Waals surface area contributed by atoms with Crippen LogP contribution in [0.5, 0.6) is 0 Å². The van der Waals surface area contributed by atoms with Crippen LogP contribution >= 0.6 is 12.2 Å². The maximum atomic E-state index is 13.1. The van der Waals surface area contributed by atoms with Gasteiger partial charge in [0, 0.05) is 11.1 Å². The minimum absolute atomic E-state index is 0.0191. The number of nitrogens with zero attached hydrogens (tertiary/aromatic N) is 1. The van der Waals surface area contributed by atoms with Crippen LogP contribution in [0.25, 0.3) is 17.4 Å². The summed E-state index contributed by atoms with van der Waals surface area (Å²) in [5, 5.41) is 2.60. The molecule has 1 fully saturated rings. The quantitative estimate of drug-likeness (QED) is 0.289. The van der Waals surface area contributed by atoms with Gasteiger partial charge in [-0.25, -0.2) is 0 Å². The van der Waals surface area contributed by atoms with Crippen LogP contribution in [-0.4, -0.2) is 22.7 Å². The van der Waals surface area contributed by atoms with Crippen molar-refractivity contribution in [1.29, 1.82) is 0 Å². The molecule has 0 bridgehead atoms. The van der Waals surface area contributed by atoms with E-state index < -0.39 is 11.8 Å². The summed E-state index contributed by atoms with van der Waals surface area (Å²) in [4.78, 5) is 38.3. The molecule has 0 aliphatic carbocycles. The Hall–Kier alpha value is -3.84. The van der Waals surface area contributed by atoms with E-state index in [1.807, 2.05) is 19.1 Å². The molecule has 6 nitrogen and oxygen atoms in total. The largest absolute Gasteiger partial charge is 0.457 e. The van der Waals surface area contributed by atoms with Gasteiger partial charge in [0.15, 0.2) is 10.9 Å². The van der Waals surface area contributed by atoms with Crippen molar-refractivity contribution in [2.45, 2.75) is 13.8 Å². The predicted molar refractivity (Wildman–Crippen MR) is 122 cm³/mol. The number of rotatable bonds is 4. The molecule has 2 amide bonds. The molecule has 4 rings (SSSR count). The number of carbonyl (C=O) groups is 3. The van der Waals surface area contributed by atoms with Gasteiger partial charge in [-0.3, -0.25) is 24.6 Å². The monoisotopic (exact) mass is 430 g/mol. The van der Waals surface area contributed by atoms with Crippen molar-refractivity contribution in [2.24, 2.45) is 0 Å². The Morgan fingerprint density at radius 1 is 1.03 bits per heavy atom. The molecule has 1 aliphatic rings. The predicted octanol–water partition coefficient (Wildman–Crippen LogP) is 4.29. The fourth-order valence-corrected chi connectivity index (χ4v) is 3.56. The average Bonchev–Trinajstić information content (AvgIpc) is 3.21. The minimum Gasteiger partial charge on any atom is -0.457 e. The second kappa shape index (κ2) is 8.12. The SMILES string of the molecule is CC(=O)c1ccc(-c2ccc(/C=C3\C(=O)NC(=S)N(c4ccccc4C)C3=O)o2)cc1. The minimum atomic E-state index is -0.580. The molecule has 0 spiro atoms. The lowest BCUT2D eigenvalue weighted by atomic mass is 10.1. The van der Waals surface area contributed by atoms with Crippen LogP contribution in [0.1, 0.15) is 28.6 Å². The Balaban J connectivity index is 1.65. The molecule has 0 saturated carbocycles. The summed E-state index contributed by atoms with van der Waals surface area (Å²) < 4.78 is 5.82. The summed E-state index contributed by atoms with van der Waals surface area (Å²) in [6.45, 7) is 3.37. The first-order chi connectivity index (χ1) is 14.8. The highest BCUT2D eigenvalue weighted by atomic mass is 32.1. The Kier molecular flexibility index (Phi) is 5.35. The lowest BCUT2D eigenvalue weighted by molar-refractivity contribution is -0.122. The number of para-hydroxylation sites is 1. The lowest BCUT2D eigenvalue weighted by Gasteiger charge is -2.29. The molecule has 7 heteroatoms. The highest BCUT2D eigenvalue weighted by molar-refractivity contribution is 7.80. The number of ketones is 1. The van der Waals surface area contributed by atoms with Gasteiger partial charge in [-0.15, -0.1) is 0 Å². The molecule has 0 radical (unpaired) electrons. The number of hydrogen-bond donors (Lipinski definition) is 1.